The number of benzene rings is 2. The van der Waals surface area contributed by atoms with E-state index in [-0.39, 0.29) is 5.56 Å². The van der Waals surface area contributed by atoms with Gasteiger partial charge in [-0.2, -0.15) is 13.2 Å². The molecule has 0 nitrogen and oxygen atoms in total. The molecule has 0 aliphatic rings. The lowest BCUT2D eigenvalue weighted by Gasteiger charge is -2.12. The topological polar surface area (TPSA) is 0 Å². The summed E-state index contributed by atoms with van der Waals surface area (Å²) in [6.07, 6.45) is -4.91. The Labute approximate surface area is 112 Å². The van der Waals surface area contributed by atoms with E-state index in [1.165, 1.54) is 0 Å². The van der Waals surface area contributed by atoms with E-state index in [0.29, 0.717) is 11.6 Å². The Morgan fingerprint density at radius 3 is 1.85 bits per heavy atom. The summed E-state index contributed by atoms with van der Waals surface area (Å²) in [5.74, 6) is -3.35. The summed E-state index contributed by atoms with van der Waals surface area (Å²) in [4.78, 5) is 0. The zero-order valence-electron chi connectivity index (χ0n) is 10.8. The van der Waals surface area contributed by atoms with Crippen molar-refractivity contribution in [3.05, 3.63) is 58.7 Å². The van der Waals surface area contributed by atoms with Gasteiger partial charge in [0.25, 0.3) is 0 Å². The molecular weight excluding hydrogens is 275 g/mol. The molecule has 0 saturated heterocycles. The maximum atomic E-state index is 13.9. The lowest BCUT2D eigenvalue weighted by molar-refractivity contribution is -0.140. The number of hydrogen-bond donors (Lipinski definition) is 0. The fraction of sp³-hybridized carbons (Fsp3) is 0.200. The van der Waals surface area contributed by atoms with Crippen LogP contribution in [-0.2, 0) is 6.18 Å². The van der Waals surface area contributed by atoms with Crippen molar-refractivity contribution in [2.45, 2.75) is 20.0 Å². The number of aryl methyl sites for hydroxylation is 2. The standard InChI is InChI=1S/C15H11F5/c1-8-5-9(2)7-10(6-8)11-3-4-12(15(18,19)20)14(17)13(11)16/h3-7H,1-2H3. The van der Waals surface area contributed by atoms with Crippen molar-refractivity contribution in [2.75, 3.05) is 0 Å². The van der Waals surface area contributed by atoms with Crippen LogP contribution >= 0.6 is 0 Å². The summed E-state index contributed by atoms with van der Waals surface area (Å²) in [5, 5.41) is 0. The van der Waals surface area contributed by atoms with E-state index in [9.17, 15) is 22.0 Å². The van der Waals surface area contributed by atoms with Crippen LogP contribution in [-0.4, -0.2) is 0 Å². The fourth-order valence-electron chi connectivity index (χ4n) is 2.12. The summed E-state index contributed by atoms with van der Waals surface area (Å²) in [6, 6.07) is 6.54. The van der Waals surface area contributed by atoms with Crippen LogP contribution in [0.5, 0.6) is 0 Å². The molecule has 0 saturated carbocycles. The Morgan fingerprint density at radius 2 is 1.35 bits per heavy atom. The van der Waals surface area contributed by atoms with E-state index >= 15 is 0 Å². The highest BCUT2D eigenvalue weighted by Gasteiger charge is 2.36. The zero-order chi connectivity index (χ0) is 15.1. The lowest BCUT2D eigenvalue weighted by atomic mass is 9.98. The van der Waals surface area contributed by atoms with E-state index in [1.807, 2.05) is 6.07 Å². The molecule has 0 fully saturated rings. The van der Waals surface area contributed by atoms with Crippen molar-refractivity contribution < 1.29 is 22.0 Å². The van der Waals surface area contributed by atoms with Crippen LogP contribution in [0.15, 0.2) is 30.3 Å². The minimum atomic E-state index is -4.91. The monoisotopic (exact) mass is 286 g/mol. The van der Waals surface area contributed by atoms with E-state index < -0.39 is 23.4 Å². The van der Waals surface area contributed by atoms with E-state index in [0.717, 1.165) is 17.2 Å². The maximum absolute atomic E-state index is 13.9. The summed E-state index contributed by atoms with van der Waals surface area (Å²) in [7, 11) is 0. The van der Waals surface area contributed by atoms with Crippen LogP contribution in [0.3, 0.4) is 0 Å². The van der Waals surface area contributed by atoms with Gasteiger partial charge in [0.05, 0.1) is 5.56 Å². The highest BCUT2D eigenvalue weighted by atomic mass is 19.4. The van der Waals surface area contributed by atoms with Crippen LogP contribution in [0.1, 0.15) is 16.7 Å². The molecule has 0 spiro atoms. The van der Waals surface area contributed by atoms with Crippen molar-refractivity contribution in [3.8, 4) is 11.1 Å². The lowest BCUT2D eigenvalue weighted by Crippen LogP contribution is -2.10. The normalized spacial score (nSPS) is 11.8. The molecule has 5 heteroatoms. The van der Waals surface area contributed by atoms with Crippen molar-refractivity contribution in [3.63, 3.8) is 0 Å². The number of rotatable bonds is 1. The summed E-state index contributed by atoms with van der Waals surface area (Å²) < 4.78 is 64.9. The SMILES string of the molecule is Cc1cc(C)cc(-c2ccc(C(F)(F)F)c(F)c2F)c1. The summed E-state index contributed by atoms with van der Waals surface area (Å²) in [5.41, 5.74) is 0.220. The Balaban J connectivity index is 2.63. The molecule has 0 aliphatic heterocycles. The summed E-state index contributed by atoms with van der Waals surface area (Å²) >= 11 is 0. The van der Waals surface area contributed by atoms with E-state index in [1.54, 1.807) is 26.0 Å². The minimum Gasteiger partial charge on any atom is -0.203 e. The largest absolute Gasteiger partial charge is 0.419 e. The molecule has 2 rings (SSSR count). The Morgan fingerprint density at radius 1 is 0.800 bits per heavy atom. The fourth-order valence-corrected chi connectivity index (χ4v) is 2.12. The van der Waals surface area contributed by atoms with Crippen molar-refractivity contribution in [1.29, 1.82) is 0 Å². The van der Waals surface area contributed by atoms with Gasteiger partial charge in [-0.05, 0) is 25.5 Å². The molecule has 0 atom stereocenters. The quantitative estimate of drug-likeness (QED) is 0.627. The van der Waals surface area contributed by atoms with Gasteiger partial charge in [0.2, 0.25) is 0 Å². The van der Waals surface area contributed by atoms with Crippen LogP contribution in [0, 0.1) is 25.5 Å². The molecule has 2 aromatic carbocycles. The molecule has 0 radical (unpaired) electrons. The van der Waals surface area contributed by atoms with Gasteiger partial charge >= 0.3 is 6.18 Å². The maximum Gasteiger partial charge on any atom is 0.419 e. The molecule has 106 valence electrons. The second kappa shape index (κ2) is 4.89. The molecule has 0 N–H and O–H groups in total. The first-order valence-corrected chi connectivity index (χ1v) is 5.84. The Hall–Kier alpha value is -1.91. The molecule has 0 aromatic heterocycles. The molecule has 0 unspecified atom stereocenters. The first-order valence-electron chi connectivity index (χ1n) is 5.84. The molecule has 20 heavy (non-hydrogen) atoms. The first-order chi connectivity index (χ1) is 9.20. The Bertz CT molecular complexity index is 636. The van der Waals surface area contributed by atoms with Gasteiger partial charge in [-0.25, -0.2) is 8.78 Å². The predicted molar refractivity (Wildman–Crippen MR) is 66.3 cm³/mol. The molecular formula is C15H11F5. The zero-order valence-corrected chi connectivity index (χ0v) is 10.8. The number of halogens is 5. The van der Waals surface area contributed by atoms with Crippen LogP contribution < -0.4 is 0 Å². The predicted octanol–water partition coefficient (Wildman–Crippen LogP) is 5.27. The van der Waals surface area contributed by atoms with Gasteiger partial charge in [0.15, 0.2) is 11.6 Å². The third kappa shape index (κ3) is 2.66. The summed E-state index contributed by atoms with van der Waals surface area (Å²) in [6.45, 7) is 3.55. The third-order valence-electron chi connectivity index (χ3n) is 2.92. The van der Waals surface area contributed by atoms with Crippen molar-refractivity contribution >= 4 is 0 Å². The van der Waals surface area contributed by atoms with Gasteiger partial charge in [-0.15, -0.1) is 0 Å². The van der Waals surface area contributed by atoms with Crippen molar-refractivity contribution in [2.24, 2.45) is 0 Å². The van der Waals surface area contributed by atoms with Gasteiger partial charge in [-0.3, -0.25) is 0 Å². The third-order valence-corrected chi connectivity index (χ3v) is 2.92. The van der Waals surface area contributed by atoms with Gasteiger partial charge in [0.1, 0.15) is 0 Å². The average molecular weight is 286 g/mol. The van der Waals surface area contributed by atoms with Crippen LogP contribution in [0.4, 0.5) is 22.0 Å². The number of hydrogen-bond acceptors (Lipinski definition) is 0. The molecule has 0 bridgehead atoms. The highest BCUT2D eigenvalue weighted by Crippen LogP contribution is 2.35. The molecule has 0 aliphatic carbocycles. The highest BCUT2D eigenvalue weighted by molar-refractivity contribution is 5.66. The average Bonchev–Trinajstić information content (AvgIpc) is 2.29. The second-order valence-corrected chi connectivity index (χ2v) is 4.66. The molecule has 0 amide bonds. The van der Waals surface area contributed by atoms with E-state index in [4.69, 9.17) is 0 Å². The van der Waals surface area contributed by atoms with Gasteiger partial charge in [0, 0.05) is 5.56 Å². The van der Waals surface area contributed by atoms with Crippen LogP contribution in [0.25, 0.3) is 11.1 Å². The Kier molecular flexibility index (Phi) is 3.54. The minimum absolute atomic E-state index is 0.178. The second-order valence-electron chi connectivity index (χ2n) is 4.66. The van der Waals surface area contributed by atoms with Gasteiger partial charge in [-0.1, -0.05) is 35.4 Å². The molecule has 2 aromatic rings. The number of alkyl halides is 3. The first kappa shape index (κ1) is 14.5. The van der Waals surface area contributed by atoms with Gasteiger partial charge < -0.3 is 0 Å². The molecule has 0 heterocycles. The van der Waals surface area contributed by atoms with Crippen LogP contribution in [0.2, 0.25) is 0 Å². The smallest absolute Gasteiger partial charge is 0.203 e. The van der Waals surface area contributed by atoms with E-state index in [2.05, 4.69) is 0 Å². The van der Waals surface area contributed by atoms with Crippen molar-refractivity contribution in [1.82, 2.24) is 0 Å².